The third-order valence-electron chi connectivity index (χ3n) is 3.22. The first-order valence-electron chi connectivity index (χ1n) is 5.97. The van der Waals surface area contributed by atoms with Crippen LogP contribution < -0.4 is 10.6 Å². The van der Waals surface area contributed by atoms with Gasteiger partial charge < -0.3 is 15.7 Å². The van der Waals surface area contributed by atoms with Crippen LogP contribution in [0.1, 0.15) is 37.0 Å². The van der Waals surface area contributed by atoms with Gasteiger partial charge in [0.25, 0.3) is 0 Å². The van der Waals surface area contributed by atoms with Gasteiger partial charge in [-0.1, -0.05) is 13.8 Å². The van der Waals surface area contributed by atoms with Crippen molar-refractivity contribution in [1.29, 1.82) is 0 Å². The van der Waals surface area contributed by atoms with E-state index in [1.54, 1.807) is 12.1 Å². The molecule has 1 aromatic rings. The van der Waals surface area contributed by atoms with E-state index in [0.29, 0.717) is 6.04 Å². The lowest BCUT2D eigenvalue weighted by molar-refractivity contribution is 0.0698. The van der Waals surface area contributed by atoms with Crippen molar-refractivity contribution in [1.82, 2.24) is 0 Å². The Morgan fingerprint density at radius 2 is 2.00 bits per heavy atom. The zero-order valence-corrected chi connectivity index (χ0v) is 12.5. The van der Waals surface area contributed by atoms with E-state index in [9.17, 15) is 4.79 Å². The minimum absolute atomic E-state index is 0.144. The summed E-state index contributed by atoms with van der Waals surface area (Å²) in [5.74, 6) is -1.00. The van der Waals surface area contributed by atoms with Crippen molar-refractivity contribution in [3.63, 3.8) is 0 Å². The summed E-state index contributed by atoms with van der Waals surface area (Å²) in [5, 5.41) is 9.10. The Balaban J connectivity index is 3.23. The molecule has 0 heterocycles. The minimum Gasteiger partial charge on any atom is -0.478 e. The first-order valence-corrected chi connectivity index (χ1v) is 6.76. The molecule has 4 nitrogen and oxygen atoms in total. The van der Waals surface area contributed by atoms with Gasteiger partial charge >= 0.3 is 5.97 Å². The SMILES string of the molecule is CCC(CC)N(C)c1cc(C(=O)O)c(N)cc1Br. The van der Waals surface area contributed by atoms with Gasteiger partial charge in [0.2, 0.25) is 0 Å². The van der Waals surface area contributed by atoms with Gasteiger partial charge in [0, 0.05) is 23.2 Å². The molecule has 0 aromatic heterocycles. The summed E-state index contributed by atoms with van der Waals surface area (Å²) in [4.78, 5) is 13.2. The molecule has 0 amide bonds. The highest BCUT2D eigenvalue weighted by atomic mass is 79.9. The van der Waals surface area contributed by atoms with E-state index in [1.807, 2.05) is 7.05 Å². The predicted molar refractivity (Wildman–Crippen MR) is 78.3 cm³/mol. The molecule has 0 aliphatic rings. The molecule has 0 aliphatic heterocycles. The van der Waals surface area contributed by atoms with E-state index < -0.39 is 5.97 Å². The first-order chi connectivity index (χ1) is 8.42. The lowest BCUT2D eigenvalue weighted by atomic mass is 10.1. The Hall–Kier alpha value is -1.23. The topological polar surface area (TPSA) is 66.6 Å². The van der Waals surface area contributed by atoms with Gasteiger partial charge in [-0.3, -0.25) is 0 Å². The van der Waals surface area contributed by atoms with Crippen LogP contribution in [0, 0.1) is 0 Å². The minimum atomic E-state index is -1.00. The quantitative estimate of drug-likeness (QED) is 0.818. The third kappa shape index (κ3) is 2.96. The summed E-state index contributed by atoms with van der Waals surface area (Å²) in [7, 11) is 1.97. The highest BCUT2D eigenvalue weighted by Gasteiger charge is 2.18. The molecule has 18 heavy (non-hydrogen) atoms. The van der Waals surface area contributed by atoms with Crippen LogP contribution >= 0.6 is 15.9 Å². The number of hydrogen-bond donors (Lipinski definition) is 2. The van der Waals surface area contributed by atoms with Crippen molar-refractivity contribution < 1.29 is 9.90 Å². The Labute approximate surface area is 116 Å². The number of nitrogen functional groups attached to an aromatic ring is 1. The lowest BCUT2D eigenvalue weighted by Gasteiger charge is -2.29. The molecule has 1 aromatic carbocycles. The number of aromatic carboxylic acids is 1. The number of halogens is 1. The maximum Gasteiger partial charge on any atom is 0.337 e. The summed E-state index contributed by atoms with van der Waals surface area (Å²) in [6, 6.07) is 3.66. The molecule has 3 N–H and O–H groups in total. The van der Waals surface area contributed by atoms with Crippen molar-refractivity contribution in [3.8, 4) is 0 Å². The van der Waals surface area contributed by atoms with Gasteiger partial charge in [-0.15, -0.1) is 0 Å². The zero-order valence-electron chi connectivity index (χ0n) is 10.9. The van der Waals surface area contributed by atoms with Crippen LogP contribution in [0.5, 0.6) is 0 Å². The molecule has 0 saturated carbocycles. The molecule has 0 unspecified atom stereocenters. The highest BCUT2D eigenvalue weighted by molar-refractivity contribution is 9.10. The van der Waals surface area contributed by atoms with Crippen molar-refractivity contribution in [3.05, 3.63) is 22.2 Å². The van der Waals surface area contributed by atoms with Crippen LogP contribution in [0.4, 0.5) is 11.4 Å². The van der Waals surface area contributed by atoms with Gasteiger partial charge in [-0.05, 0) is 40.9 Å². The first kappa shape index (κ1) is 14.8. The molecular formula is C13H19BrN2O2. The van der Waals surface area contributed by atoms with E-state index in [1.165, 1.54) is 0 Å². The fourth-order valence-electron chi connectivity index (χ4n) is 2.07. The molecular weight excluding hydrogens is 296 g/mol. The van der Waals surface area contributed by atoms with Gasteiger partial charge in [0.15, 0.2) is 0 Å². The van der Waals surface area contributed by atoms with Crippen molar-refractivity contribution in [2.75, 3.05) is 17.7 Å². The number of anilines is 2. The monoisotopic (exact) mass is 314 g/mol. The van der Waals surface area contributed by atoms with Gasteiger partial charge in [0.05, 0.1) is 11.3 Å². The number of hydrogen-bond acceptors (Lipinski definition) is 3. The maximum atomic E-state index is 11.1. The van der Waals surface area contributed by atoms with Crippen molar-refractivity contribution >= 4 is 33.3 Å². The van der Waals surface area contributed by atoms with E-state index in [0.717, 1.165) is 23.0 Å². The number of carboxylic acid groups (broad SMARTS) is 1. The third-order valence-corrected chi connectivity index (χ3v) is 3.85. The normalized spacial score (nSPS) is 10.7. The van der Waals surface area contributed by atoms with E-state index in [4.69, 9.17) is 10.8 Å². The Morgan fingerprint density at radius 1 is 1.44 bits per heavy atom. The molecule has 0 saturated heterocycles. The molecule has 0 radical (unpaired) electrons. The Kier molecular flexibility index (Phi) is 5.02. The summed E-state index contributed by atoms with van der Waals surface area (Å²) in [5.41, 5.74) is 6.98. The average molecular weight is 315 g/mol. The molecule has 0 spiro atoms. The lowest BCUT2D eigenvalue weighted by Crippen LogP contribution is -2.30. The van der Waals surface area contributed by atoms with Crippen LogP contribution in [0.3, 0.4) is 0 Å². The summed E-state index contributed by atoms with van der Waals surface area (Å²) in [6.07, 6.45) is 2.01. The molecule has 0 atom stereocenters. The Morgan fingerprint density at radius 3 is 2.44 bits per heavy atom. The van der Waals surface area contributed by atoms with E-state index in [2.05, 4.69) is 34.7 Å². The smallest absolute Gasteiger partial charge is 0.337 e. The zero-order chi connectivity index (χ0) is 13.9. The molecule has 100 valence electrons. The molecule has 0 aliphatic carbocycles. The second-order valence-corrected chi connectivity index (χ2v) is 5.13. The van der Waals surface area contributed by atoms with Crippen LogP contribution in [-0.4, -0.2) is 24.2 Å². The average Bonchev–Trinajstić information content (AvgIpc) is 2.29. The van der Waals surface area contributed by atoms with Gasteiger partial charge in [0.1, 0.15) is 0 Å². The summed E-state index contributed by atoms with van der Waals surface area (Å²) < 4.78 is 0.819. The number of carbonyl (C=O) groups is 1. The number of rotatable bonds is 5. The standard InChI is InChI=1S/C13H19BrN2O2/c1-4-8(5-2)16(3)12-6-9(13(17)18)11(15)7-10(12)14/h6-8H,4-5,15H2,1-3H3,(H,17,18). The molecule has 5 heteroatoms. The fourth-order valence-corrected chi connectivity index (χ4v) is 2.71. The Bertz CT molecular complexity index is 445. The van der Waals surface area contributed by atoms with Crippen LogP contribution in [0.2, 0.25) is 0 Å². The fraction of sp³-hybridized carbons (Fsp3) is 0.462. The second-order valence-electron chi connectivity index (χ2n) is 4.28. The number of carboxylic acids is 1. The molecule has 0 bridgehead atoms. The van der Waals surface area contributed by atoms with Crippen LogP contribution in [0.15, 0.2) is 16.6 Å². The number of nitrogens with two attached hydrogens (primary N) is 1. The molecule has 0 fully saturated rings. The van der Waals surface area contributed by atoms with E-state index in [-0.39, 0.29) is 11.3 Å². The van der Waals surface area contributed by atoms with Crippen molar-refractivity contribution in [2.24, 2.45) is 0 Å². The van der Waals surface area contributed by atoms with Gasteiger partial charge in [-0.25, -0.2) is 4.79 Å². The van der Waals surface area contributed by atoms with Gasteiger partial charge in [-0.2, -0.15) is 0 Å². The molecule has 1 rings (SSSR count). The van der Waals surface area contributed by atoms with E-state index >= 15 is 0 Å². The van der Waals surface area contributed by atoms with Crippen LogP contribution in [-0.2, 0) is 0 Å². The number of benzene rings is 1. The number of nitrogens with zero attached hydrogens (tertiary/aromatic N) is 1. The summed E-state index contributed by atoms with van der Waals surface area (Å²) >= 11 is 3.44. The highest BCUT2D eigenvalue weighted by Crippen LogP contribution is 2.32. The largest absolute Gasteiger partial charge is 0.478 e. The second kappa shape index (κ2) is 6.09. The summed E-state index contributed by atoms with van der Waals surface area (Å²) in [6.45, 7) is 4.24. The van der Waals surface area contributed by atoms with Crippen molar-refractivity contribution in [2.45, 2.75) is 32.7 Å². The maximum absolute atomic E-state index is 11.1. The predicted octanol–water partition coefficient (Wildman–Crippen LogP) is 3.35. The van der Waals surface area contributed by atoms with Crippen LogP contribution in [0.25, 0.3) is 0 Å².